The van der Waals surface area contributed by atoms with Gasteiger partial charge in [0.05, 0.1) is 5.69 Å². The van der Waals surface area contributed by atoms with Crippen molar-refractivity contribution in [3.63, 3.8) is 0 Å². The first-order valence-corrected chi connectivity index (χ1v) is 9.82. The van der Waals surface area contributed by atoms with E-state index in [1.165, 1.54) is 5.69 Å². The summed E-state index contributed by atoms with van der Waals surface area (Å²) < 4.78 is 3.76. The molecule has 4 rings (SSSR count). The fourth-order valence-corrected chi connectivity index (χ4v) is 3.88. The van der Waals surface area contributed by atoms with Crippen molar-refractivity contribution in [3.8, 4) is 0 Å². The Morgan fingerprint density at radius 2 is 1.90 bits per heavy atom. The van der Waals surface area contributed by atoms with Gasteiger partial charge in [-0.1, -0.05) is 18.2 Å². The topological polar surface area (TPSA) is 72.2 Å². The van der Waals surface area contributed by atoms with Gasteiger partial charge in [0.25, 0.3) is 11.8 Å². The molecule has 7 nitrogen and oxygen atoms in total. The molecule has 0 bridgehead atoms. The van der Waals surface area contributed by atoms with Crippen LogP contribution in [0.25, 0.3) is 0 Å². The molecule has 29 heavy (non-hydrogen) atoms. The van der Waals surface area contributed by atoms with Crippen LogP contribution in [-0.2, 0) is 33.5 Å². The average Bonchev–Trinajstić information content (AvgIpc) is 3.31. The molecule has 0 atom stereocenters. The molecule has 0 aliphatic carbocycles. The first kappa shape index (κ1) is 19.0. The van der Waals surface area contributed by atoms with Crippen LogP contribution in [0.15, 0.2) is 48.7 Å². The first-order valence-electron chi connectivity index (χ1n) is 9.82. The lowest BCUT2D eigenvalue weighted by atomic mass is 10.0. The minimum atomic E-state index is -0.0871. The van der Waals surface area contributed by atoms with Gasteiger partial charge in [0.15, 0.2) is 0 Å². The molecule has 0 saturated heterocycles. The van der Waals surface area contributed by atoms with E-state index >= 15 is 0 Å². The molecule has 150 valence electrons. The molecule has 1 aromatic carbocycles. The van der Waals surface area contributed by atoms with E-state index in [0.29, 0.717) is 37.3 Å². The maximum absolute atomic E-state index is 12.9. The van der Waals surface area contributed by atoms with Crippen molar-refractivity contribution in [1.29, 1.82) is 0 Å². The van der Waals surface area contributed by atoms with E-state index in [2.05, 4.69) is 10.4 Å². The molecule has 0 fully saturated rings. The maximum Gasteiger partial charge on any atom is 0.270 e. The average molecular weight is 391 g/mol. The van der Waals surface area contributed by atoms with Crippen LogP contribution in [0.1, 0.15) is 37.8 Å². The van der Waals surface area contributed by atoms with E-state index in [0.717, 1.165) is 17.7 Å². The van der Waals surface area contributed by atoms with Gasteiger partial charge in [-0.25, -0.2) is 0 Å². The molecule has 3 heterocycles. The predicted octanol–water partition coefficient (Wildman–Crippen LogP) is 1.93. The van der Waals surface area contributed by atoms with Crippen molar-refractivity contribution in [2.75, 3.05) is 13.1 Å². The Labute approximate surface area is 169 Å². The number of carbonyl (C=O) groups excluding carboxylic acids is 2. The van der Waals surface area contributed by atoms with Crippen LogP contribution in [0.3, 0.4) is 0 Å². The summed E-state index contributed by atoms with van der Waals surface area (Å²) in [6.07, 6.45) is 3.30. The van der Waals surface area contributed by atoms with Gasteiger partial charge in [0.1, 0.15) is 5.69 Å². The molecule has 3 aromatic rings. The second-order valence-corrected chi connectivity index (χ2v) is 7.35. The quantitative estimate of drug-likeness (QED) is 0.722. The number of carbonyl (C=O) groups is 2. The van der Waals surface area contributed by atoms with Crippen molar-refractivity contribution >= 4 is 11.8 Å². The number of amides is 2. The third-order valence-electron chi connectivity index (χ3n) is 5.46. The Morgan fingerprint density at radius 3 is 2.62 bits per heavy atom. The summed E-state index contributed by atoms with van der Waals surface area (Å²) >= 11 is 0. The van der Waals surface area contributed by atoms with Crippen LogP contribution < -0.4 is 5.32 Å². The normalized spacial score (nSPS) is 13.2. The van der Waals surface area contributed by atoms with Gasteiger partial charge in [-0.15, -0.1) is 0 Å². The molecular weight excluding hydrogens is 366 g/mol. The third kappa shape index (κ3) is 3.81. The summed E-state index contributed by atoms with van der Waals surface area (Å²) in [6, 6.07) is 12.9. The number of hydrogen-bond acceptors (Lipinski definition) is 3. The van der Waals surface area contributed by atoms with Crippen LogP contribution >= 0.6 is 0 Å². The van der Waals surface area contributed by atoms with E-state index in [1.807, 2.05) is 64.8 Å². The Morgan fingerprint density at radius 1 is 1.10 bits per heavy atom. The van der Waals surface area contributed by atoms with Crippen LogP contribution in [0.5, 0.6) is 0 Å². The molecule has 0 radical (unpaired) electrons. The van der Waals surface area contributed by atoms with E-state index in [9.17, 15) is 9.59 Å². The van der Waals surface area contributed by atoms with Gasteiger partial charge < -0.3 is 14.8 Å². The Balaban J connectivity index is 1.44. The van der Waals surface area contributed by atoms with Gasteiger partial charge in [-0.05, 0) is 24.3 Å². The van der Waals surface area contributed by atoms with Crippen molar-refractivity contribution in [3.05, 3.63) is 76.9 Å². The number of nitrogens with zero attached hydrogens (tertiary/aromatic N) is 4. The highest BCUT2D eigenvalue weighted by Gasteiger charge is 2.27. The summed E-state index contributed by atoms with van der Waals surface area (Å²) in [4.78, 5) is 27.0. The molecule has 0 spiro atoms. The molecular formula is C22H25N5O2. The zero-order valence-electron chi connectivity index (χ0n) is 16.8. The zero-order valence-corrected chi connectivity index (χ0v) is 16.8. The lowest BCUT2D eigenvalue weighted by molar-refractivity contribution is 0.0723. The predicted molar refractivity (Wildman–Crippen MR) is 110 cm³/mol. The van der Waals surface area contributed by atoms with E-state index < -0.39 is 0 Å². The third-order valence-corrected chi connectivity index (χ3v) is 5.46. The minimum Gasteiger partial charge on any atom is -0.352 e. The summed E-state index contributed by atoms with van der Waals surface area (Å²) in [5.74, 6) is -0.0498. The van der Waals surface area contributed by atoms with E-state index in [-0.39, 0.29) is 11.8 Å². The van der Waals surface area contributed by atoms with Gasteiger partial charge in [0.2, 0.25) is 0 Å². The molecule has 0 saturated carbocycles. The number of hydrogen-bond donors (Lipinski definition) is 1. The highest BCUT2D eigenvalue weighted by Crippen LogP contribution is 2.24. The second-order valence-electron chi connectivity index (χ2n) is 7.35. The van der Waals surface area contributed by atoms with Gasteiger partial charge in [-0.2, -0.15) is 5.10 Å². The summed E-state index contributed by atoms with van der Waals surface area (Å²) in [5.41, 5.74) is 4.56. The molecule has 7 heteroatoms. The van der Waals surface area contributed by atoms with E-state index in [1.54, 1.807) is 12.1 Å². The van der Waals surface area contributed by atoms with Gasteiger partial charge >= 0.3 is 0 Å². The first-order chi connectivity index (χ1) is 14.0. The lowest BCUT2D eigenvalue weighted by Crippen LogP contribution is -2.37. The number of aromatic nitrogens is 3. The number of fused-ring (bicyclic) bond motifs is 1. The SMILES string of the molecule is Cn1cccc1C(=O)N1CCc2c(c(CCNC(=O)c3ccccc3)nn2C)C1. The molecule has 0 unspecified atom stereocenters. The van der Waals surface area contributed by atoms with Crippen LogP contribution in [0.4, 0.5) is 0 Å². The van der Waals surface area contributed by atoms with Crippen LogP contribution in [0.2, 0.25) is 0 Å². The summed E-state index contributed by atoms with van der Waals surface area (Å²) in [7, 11) is 3.83. The van der Waals surface area contributed by atoms with Crippen molar-refractivity contribution < 1.29 is 9.59 Å². The Bertz CT molecular complexity index is 1030. The van der Waals surface area contributed by atoms with Crippen molar-refractivity contribution in [1.82, 2.24) is 24.6 Å². The lowest BCUT2D eigenvalue weighted by Gasteiger charge is -2.28. The Kier molecular flexibility index (Phi) is 5.20. The highest BCUT2D eigenvalue weighted by molar-refractivity contribution is 5.94. The van der Waals surface area contributed by atoms with Crippen LogP contribution in [-0.4, -0.2) is 44.2 Å². The zero-order chi connectivity index (χ0) is 20.4. The molecule has 2 amide bonds. The summed E-state index contributed by atoms with van der Waals surface area (Å²) in [5, 5.41) is 7.61. The largest absolute Gasteiger partial charge is 0.352 e. The monoisotopic (exact) mass is 391 g/mol. The Hall–Kier alpha value is -3.35. The number of aryl methyl sites for hydroxylation is 2. The molecule has 1 aliphatic rings. The number of benzene rings is 1. The molecule has 1 N–H and O–H groups in total. The molecule has 1 aliphatic heterocycles. The van der Waals surface area contributed by atoms with Gasteiger partial charge in [0, 0.05) is 69.6 Å². The number of nitrogens with one attached hydrogen (secondary N) is 1. The molecule has 2 aromatic heterocycles. The smallest absolute Gasteiger partial charge is 0.270 e. The van der Waals surface area contributed by atoms with Crippen molar-refractivity contribution in [2.45, 2.75) is 19.4 Å². The standard InChI is InChI=1S/C22H25N5O2/c1-25-13-6-9-20(25)22(29)27-14-11-19-17(15-27)18(24-26(19)2)10-12-23-21(28)16-7-4-3-5-8-16/h3-9,13H,10-12,14-15H2,1-2H3,(H,23,28). The van der Waals surface area contributed by atoms with Crippen molar-refractivity contribution in [2.24, 2.45) is 14.1 Å². The summed E-state index contributed by atoms with van der Waals surface area (Å²) in [6.45, 7) is 1.73. The number of rotatable bonds is 5. The van der Waals surface area contributed by atoms with Gasteiger partial charge in [-0.3, -0.25) is 14.3 Å². The highest BCUT2D eigenvalue weighted by atomic mass is 16.2. The minimum absolute atomic E-state index is 0.0373. The fourth-order valence-electron chi connectivity index (χ4n) is 3.88. The second kappa shape index (κ2) is 7.95. The van der Waals surface area contributed by atoms with E-state index in [4.69, 9.17) is 0 Å². The fraction of sp³-hybridized carbons (Fsp3) is 0.318. The van der Waals surface area contributed by atoms with Crippen LogP contribution in [0, 0.1) is 0 Å². The maximum atomic E-state index is 12.9.